The summed E-state index contributed by atoms with van der Waals surface area (Å²) in [6, 6.07) is -1.46. The second kappa shape index (κ2) is 61.3. The van der Waals surface area contributed by atoms with Crippen LogP contribution in [0.3, 0.4) is 0 Å². The Morgan fingerprint density at radius 3 is 0.949 bits per heavy atom. The Bertz CT molecular complexity index is 3300. The van der Waals surface area contributed by atoms with Crippen LogP contribution in [0.25, 0.3) is 0 Å². The topological polar surface area (TPSA) is 848 Å². The lowest BCUT2D eigenvalue weighted by Gasteiger charge is -2.46. The van der Waals surface area contributed by atoms with Crippen LogP contribution in [-0.2, 0) is 95.1 Å². The summed E-state index contributed by atoms with van der Waals surface area (Å²) in [5.41, 5.74) is 0. The molecule has 136 heavy (non-hydrogen) atoms. The van der Waals surface area contributed by atoms with Gasteiger partial charge in [-0.15, -0.1) is 0 Å². The lowest BCUT2D eigenvalue weighted by Crippen LogP contribution is -2.65. The molecule has 0 bridgehead atoms. The number of ether oxygens (including phenoxy) is 14. The first-order chi connectivity index (χ1) is 64.9. The highest BCUT2D eigenvalue weighted by Crippen LogP contribution is 2.33. The van der Waals surface area contributed by atoms with E-state index < -0.39 is 336 Å². The molecule has 7 rings (SSSR count). The Labute approximate surface area is 782 Å². The summed E-state index contributed by atoms with van der Waals surface area (Å²) in [7, 11) is 0. The monoisotopic (exact) mass is 1980 g/mol. The van der Waals surface area contributed by atoms with E-state index in [0.29, 0.717) is 77.3 Å². The van der Waals surface area contributed by atoms with E-state index in [4.69, 9.17) is 71.4 Å². The number of nitrogens with zero attached hydrogens (tertiary/aromatic N) is 3. The van der Waals surface area contributed by atoms with E-state index in [-0.39, 0.29) is 97.9 Å². The van der Waals surface area contributed by atoms with Crippen LogP contribution < -0.4 is 26.6 Å². The van der Waals surface area contributed by atoms with E-state index in [0.717, 1.165) is 4.90 Å². The Morgan fingerprint density at radius 2 is 0.574 bits per heavy atom. The number of nitrogens with one attached hydrogen (secondary N) is 5. The number of hydrogen-bond donors (Lipinski definition) is 32. The van der Waals surface area contributed by atoms with Crippen molar-refractivity contribution in [2.75, 3.05) is 164 Å². The second-order valence-electron chi connectivity index (χ2n) is 34.4. The average molecular weight is 1980 g/mol. The molecule has 55 nitrogen and oxygen atoms in total. The van der Waals surface area contributed by atoms with E-state index in [1.165, 1.54) is 0 Å². The average Bonchev–Trinajstić information content (AvgIpc) is 0.779. The molecule has 0 unspecified atom stereocenters. The zero-order valence-electron chi connectivity index (χ0n) is 75.4. The number of carbonyl (C=O) groups excluding carboxylic acids is 5. The fraction of sp³-hybridized carbons (Fsp3) is 0.926. The van der Waals surface area contributed by atoms with Gasteiger partial charge in [-0.1, -0.05) is 32.1 Å². The van der Waals surface area contributed by atoms with Crippen molar-refractivity contribution < 1.29 is 233 Å². The molecule has 0 saturated carbocycles. The molecule has 0 radical (unpaired) electrons. The van der Waals surface area contributed by atoms with Gasteiger partial charge in [-0.2, -0.15) is 0 Å². The van der Waals surface area contributed by atoms with Crippen molar-refractivity contribution in [1.82, 2.24) is 41.3 Å². The number of carboxylic acid groups (broad SMARTS) is 1. The number of carbonyl (C=O) groups is 6. The van der Waals surface area contributed by atoms with Crippen LogP contribution in [0.1, 0.15) is 89.9 Å². The zero-order chi connectivity index (χ0) is 100.0. The standard InChI is InChI=1S/C81H146N8O47/c90-33-41-53(102)60(109)66(115)75(129-41)124-26-21-87(22-27-125-76-67(116)61(110)54(103)42(34-91)130-76)19-10-3-1-7-15-82-48(96)14-13-40(74(122)85-17-8-2-4-11-20-88(23-28-126-77-68(117)62(111)55(104)43(35-92)131-77)24-29-127-78-69(118)63(112)56(105)44(36-93)132-78)86-51(99)32-89(30-49(97)83-16-9-5-6-12-52(100)101)31-50(98)84-18-25-123-80-72(121)73(136-81-71(120)65(114)58(107)46(38-95)134-81)59(108)47(135-80)39-128-79-70(119)64(113)57(106)45(37-94)133-79/h40-47,53-73,75-81,90-95,102-121H,1-39H2,(H,82,96)(H,83,97)(H,84,98)(H,85,122)(H,86,99)(H,100,101)/t40-,41+,42+,43+,44+,45+,46+,47+,53+,54+,55-,56-,57+,58+,59+,60-,61-,62-,63-,64-,65-,66-,67-,68-,69-,70-,71-,72-,73-,75-,76-,77-,78-,79-,80-,81+/m0/s1. The lowest BCUT2D eigenvalue weighted by atomic mass is 9.96. The molecule has 0 spiro atoms. The van der Waals surface area contributed by atoms with Gasteiger partial charge in [-0.3, -0.25) is 43.5 Å². The third-order valence-corrected chi connectivity index (χ3v) is 24.1. The molecule has 7 fully saturated rings. The first-order valence-corrected chi connectivity index (χ1v) is 45.9. The summed E-state index contributed by atoms with van der Waals surface area (Å²) in [6.45, 7) is -7.65. The fourth-order valence-electron chi connectivity index (χ4n) is 15.9. The number of hydrogen-bond acceptors (Lipinski definition) is 49. The number of aliphatic hydroxyl groups excluding tert-OH is 26. The molecule has 7 aliphatic rings. The minimum Gasteiger partial charge on any atom is -0.481 e. The van der Waals surface area contributed by atoms with Crippen molar-refractivity contribution in [3.63, 3.8) is 0 Å². The molecular formula is C81H146N8O47. The molecule has 0 aromatic rings. The maximum atomic E-state index is 14.4. The van der Waals surface area contributed by atoms with E-state index >= 15 is 0 Å². The van der Waals surface area contributed by atoms with Gasteiger partial charge in [-0.05, 0) is 58.0 Å². The number of aliphatic carboxylic acids is 1. The minimum absolute atomic E-state index is 0.0158. The summed E-state index contributed by atoms with van der Waals surface area (Å²) in [5.74, 6) is -4.85. The molecular weight excluding hydrogens is 1840 g/mol. The zero-order valence-corrected chi connectivity index (χ0v) is 75.4. The first-order valence-electron chi connectivity index (χ1n) is 45.9. The van der Waals surface area contributed by atoms with Gasteiger partial charge >= 0.3 is 5.97 Å². The smallest absolute Gasteiger partial charge is 0.303 e. The van der Waals surface area contributed by atoms with Crippen LogP contribution in [0.15, 0.2) is 0 Å². The van der Waals surface area contributed by atoms with E-state index in [1.807, 2.05) is 9.80 Å². The predicted molar refractivity (Wildman–Crippen MR) is 449 cm³/mol. The molecule has 5 amide bonds. The van der Waals surface area contributed by atoms with Crippen LogP contribution in [0, 0.1) is 0 Å². The van der Waals surface area contributed by atoms with Gasteiger partial charge in [0.1, 0.15) is 177 Å². The summed E-state index contributed by atoms with van der Waals surface area (Å²) < 4.78 is 78.7. The van der Waals surface area contributed by atoms with Crippen LogP contribution in [0.5, 0.6) is 0 Å². The molecule has 7 saturated heterocycles. The maximum absolute atomic E-state index is 14.4. The second-order valence-corrected chi connectivity index (χ2v) is 34.4. The van der Waals surface area contributed by atoms with Gasteiger partial charge in [0.05, 0.1) is 98.9 Å². The Kier molecular flexibility index (Phi) is 53.2. The summed E-state index contributed by atoms with van der Waals surface area (Å²) in [6.07, 6.45) is -54.7. The molecule has 0 aromatic heterocycles. The van der Waals surface area contributed by atoms with Crippen molar-refractivity contribution in [3.8, 4) is 0 Å². The summed E-state index contributed by atoms with van der Waals surface area (Å²) in [4.78, 5) is 85.9. The lowest BCUT2D eigenvalue weighted by molar-refractivity contribution is -0.366. The summed E-state index contributed by atoms with van der Waals surface area (Å²) in [5, 5.41) is 292. The van der Waals surface area contributed by atoms with Crippen molar-refractivity contribution in [1.29, 1.82) is 0 Å². The number of amides is 5. The van der Waals surface area contributed by atoms with Crippen molar-refractivity contribution in [2.24, 2.45) is 0 Å². The molecule has 0 aromatic carbocycles. The number of rotatable bonds is 62. The first kappa shape index (κ1) is 118. The van der Waals surface area contributed by atoms with Gasteiger partial charge in [-0.25, -0.2) is 0 Å². The van der Waals surface area contributed by atoms with Crippen molar-refractivity contribution in [2.45, 2.75) is 311 Å². The highest BCUT2D eigenvalue weighted by molar-refractivity contribution is 5.90. The number of aliphatic hydroxyl groups is 26. The molecule has 36 atom stereocenters. The van der Waals surface area contributed by atoms with Gasteiger partial charge < -0.3 is 231 Å². The molecule has 55 heteroatoms. The van der Waals surface area contributed by atoms with E-state index in [9.17, 15) is 162 Å². The molecule has 32 N–H and O–H groups in total. The van der Waals surface area contributed by atoms with Crippen LogP contribution in [0.4, 0.5) is 0 Å². The minimum atomic E-state index is -2.07. The Hall–Kier alpha value is -4.90. The molecule has 7 aliphatic heterocycles. The quantitative estimate of drug-likeness (QED) is 0.0251. The van der Waals surface area contributed by atoms with E-state index in [2.05, 4.69) is 26.6 Å². The number of carboxylic acids is 1. The third-order valence-electron chi connectivity index (χ3n) is 24.1. The molecule has 7 heterocycles. The predicted octanol–water partition coefficient (Wildman–Crippen LogP) is -17.9. The fourth-order valence-corrected chi connectivity index (χ4v) is 15.9. The van der Waals surface area contributed by atoms with Gasteiger partial charge in [0.2, 0.25) is 29.5 Å². The van der Waals surface area contributed by atoms with Gasteiger partial charge in [0.15, 0.2) is 44.0 Å². The van der Waals surface area contributed by atoms with Crippen LogP contribution >= 0.6 is 0 Å². The van der Waals surface area contributed by atoms with Crippen molar-refractivity contribution >= 4 is 35.5 Å². The highest BCUT2D eigenvalue weighted by Gasteiger charge is 2.54. The van der Waals surface area contributed by atoms with Crippen LogP contribution in [-0.4, -0.2) is 573 Å². The molecule has 0 aliphatic carbocycles. The van der Waals surface area contributed by atoms with Gasteiger partial charge in [0, 0.05) is 65.2 Å². The van der Waals surface area contributed by atoms with Crippen molar-refractivity contribution in [3.05, 3.63) is 0 Å². The Balaban J connectivity index is 1.000. The Morgan fingerprint density at radius 1 is 0.272 bits per heavy atom. The summed E-state index contributed by atoms with van der Waals surface area (Å²) >= 11 is 0. The largest absolute Gasteiger partial charge is 0.481 e. The normalized spacial score (nSPS) is 35.8. The molecule has 792 valence electrons. The van der Waals surface area contributed by atoms with Gasteiger partial charge in [0.25, 0.3) is 0 Å². The van der Waals surface area contributed by atoms with Crippen LogP contribution in [0.2, 0.25) is 0 Å². The SMILES string of the molecule is O=C(O)CCCCCNC(=O)CN(CC(=O)NCCO[C@H]1O[C@H](CO[C@H]2O[C@H](CO)[C@@H](O)[C@H](O)[C@@H]2O)[C@@H](O)[C@H](O[C@H]2O[C@H](CO)[C@@H](O)[C@H](O)[C@@H]2O)[C@@H]1O)CC(=O)N[C@@H](CCC(=O)NCCCCCCN(CCO[C@H]1O[C@H](CO)[C@@H](O)[C@H](O)[C@@H]1O)CCO[C@H]1O[C@H](CO)[C@@H](O)[C@H](O)[C@@H]1O)C(=O)NCCCCCCN(CCO[C@H]1O[C@H](CO)[C@H](O)[C@H](O)[C@@H]1O)CCO[C@H]1O[C@H](CO)[C@H](O)[C@H](O)[C@@H]1O. The maximum Gasteiger partial charge on any atom is 0.303 e. The third kappa shape index (κ3) is 36.4. The van der Waals surface area contributed by atoms with E-state index in [1.54, 1.807) is 0 Å². The highest BCUT2D eigenvalue weighted by atomic mass is 16.8. The number of unbranched alkanes of at least 4 members (excludes halogenated alkanes) is 8.